The number of hydrogen-bond acceptors (Lipinski definition) is 4. The molecule has 2 saturated heterocycles. The lowest BCUT2D eigenvalue weighted by Crippen LogP contribution is -2.36. The van der Waals surface area contributed by atoms with Crippen LogP contribution in [0.4, 0.5) is 0 Å². The van der Waals surface area contributed by atoms with Gasteiger partial charge in [0.25, 0.3) is 0 Å². The maximum atomic E-state index is 12.2. The molecule has 0 aromatic carbocycles. The summed E-state index contributed by atoms with van der Waals surface area (Å²) < 4.78 is 11.3. The number of thiophene rings is 1. The molecule has 1 spiro atoms. The van der Waals surface area contributed by atoms with E-state index in [1.54, 1.807) is 18.4 Å². The molecule has 1 aromatic rings. The first-order valence-electron chi connectivity index (χ1n) is 6.66. The molecule has 3 rings (SSSR count). The van der Waals surface area contributed by atoms with E-state index >= 15 is 0 Å². The van der Waals surface area contributed by atoms with E-state index in [1.807, 2.05) is 21.7 Å². The van der Waals surface area contributed by atoms with Crippen molar-refractivity contribution in [1.29, 1.82) is 0 Å². The smallest absolute Gasteiger partial charge is 0.227 e. The quantitative estimate of drug-likeness (QED) is 0.846. The van der Waals surface area contributed by atoms with Crippen LogP contribution in [0.3, 0.4) is 0 Å². The summed E-state index contributed by atoms with van der Waals surface area (Å²) >= 11 is 1.63. The SMILES string of the molecule is CO[C@H]1CO[C@]2(CCN(C(=O)Cc3ccsc3)C2)C1. The molecule has 4 nitrogen and oxygen atoms in total. The lowest BCUT2D eigenvalue weighted by atomic mass is 9.98. The predicted octanol–water partition coefficient (Wildman–Crippen LogP) is 1.70. The van der Waals surface area contributed by atoms with Gasteiger partial charge >= 0.3 is 0 Å². The molecule has 0 radical (unpaired) electrons. The second-order valence-corrected chi connectivity index (χ2v) is 6.21. The highest BCUT2D eigenvalue weighted by Gasteiger charge is 2.46. The Morgan fingerprint density at radius 1 is 1.68 bits per heavy atom. The lowest BCUT2D eigenvalue weighted by molar-refractivity contribution is -0.130. The van der Waals surface area contributed by atoms with Gasteiger partial charge in [-0.2, -0.15) is 11.3 Å². The van der Waals surface area contributed by atoms with Gasteiger partial charge in [0, 0.05) is 26.6 Å². The number of carbonyl (C=O) groups is 1. The summed E-state index contributed by atoms with van der Waals surface area (Å²) in [5.74, 6) is 0.208. The zero-order valence-electron chi connectivity index (χ0n) is 11.1. The van der Waals surface area contributed by atoms with E-state index in [9.17, 15) is 4.79 Å². The van der Waals surface area contributed by atoms with Gasteiger partial charge in [0.05, 0.1) is 24.7 Å². The largest absolute Gasteiger partial charge is 0.379 e. The Labute approximate surface area is 117 Å². The van der Waals surface area contributed by atoms with Crippen molar-refractivity contribution in [2.45, 2.75) is 31.0 Å². The highest BCUT2D eigenvalue weighted by molar-refractivity contribution is 7.07. The third-order valence-electron chi connectivity index (χ3n) is 4.11. The Balaban J connectivity index is 1.58. The fraction of sp³-hybridized carbons (Fsp3) is 0.643. The van der Waals surface area contributed by atoms with Gasteiger partial charge in [-0.25, -0.2) is 0 Å². The van der Waals surface area contributed by atoms with Crippen molar-refractivity contribution in [3.05, 3.63) is 22.4 Å². The van der Waals surface area contributed by atoms with E-state index in [2.05, 4.69) is 0 Å². The third kappa shape index (κ3) is 2.68. The van der Waals surface area contributed by atoms with Gasteiger partial charge in [0.2, 0.25) is 5.91 Å². The van der Waals surface area contributed by atoms with Crippen LogP contribution in [-0.4, -0.2) is 49.3 Å². The van der Waals surface area contributed by atoms with Crippen LogP contribution in [0.15, 0.2) is 16.8 Å². The van der Waals surface area contributed by atoms with Crippen LogP contribution in [0.2, 0.25) is 0 Å². The van der Waals surface area contributed by atoms with E-state index in [1.165, 1.54) is 0 Å². The topological polar surface area (TPSA) is 38.8 Å². The van der Waals surface area contributed by atoms with E-state index in [0.717, 1.165) is 31.5 Å². The fourth-order valence-electron chi connectivity index (χ4n) is 2.98. The van der Waals surface area contributed by atoms with E-state index in [-0.39, 0.29) is 17.6 Å². The van der Waals surface area contributed by atoms with Crippen LogP contribution in [-0.2, 0) is 20.7 Å². The number of methoxy groups -OCH3 is 1. The molecule has 2 atom stereocenters. The first-order valence-corrected chi connectivity index (χ1v) is 7.61. The highest BCUT2D eigenvalue weighted by atomic mass is 32.1. The minimum Gasteiger partial charge on any atom is -0.379 e. The molecule has 0 N–H and O–H groups in total. The predicted molar refractivity (Wildman–Crippen MR) is 73.3 cm³/mol. The number of ether oxygens (including phenoxy) is 2. The molecule has 1 aromatic heterocycles. The molecule has 0 unspecified atom stereocenters. The molecule has 104 valence electrons. The van der Waals surface area contributed by atoms with Gasteiger partial charge in [-0.15, -0.1) is 0 Å². The zero-order chi connectivity index (χ0) is 13.3. The van der Waals surface area contributed by atoms with E-state index < -0.39 is 0 Å². The molecule has 2 aliphatic heterocycles. The van der Waals surface area contributed by atoms with Gasteiger partial charge in [-0.05, 0) is 28.8 Å². The highest BCUT2D eigenvalue weighted by Crippen LogP contribution is 2.36. The van der Waals surface area contributed by atoms with Gasteiger partial charge in [0.1, 0.15) is 0 Å². The Hall–Kier alpha value is -0.910. The molecular weight excluding hydrogens is 262 g/mol. The second kappa shape index (κ2) is 5.23. The maximum Gasteiger partial charge on any atom is 0.227 e. The van der Waals surface area contributed by atoms with Crippen molar-refractivity contribution in [3.8, 4) is 0 Å². The molecular formula is C14H19NO3S. The normalized spacial score (nSPS) is 30.4. The van der Waals surface area contributed by atoms with Gasteiger partial charge in [-0.1, -0.05) is 0 Å². The average molecular weight is 281 g/mol. The van der Waals surface area contributed by atoms with Crippen molar-refractivity contribution in [2.75, 3.05) is 26.8 Å². The number of amides is 1. The number of likely N-dealkylation sites (tertiary alicyclic amines) is 1. The van der Waals surface area contributed by atoms with Crippen molar-refractivity contribution in [2.24, 2.45) is 0 Å². The van der Waals surface area contributed by atoms with E-state index in [0.29, 0.717) is 13.0 Å². The molecule has 19 heavy (non-hydrogen) atoms. The van der Waals surface area contributed by atoms with Crippen LogP contribution in [0.5, 0.6) is 0 Å². The number of nitrogens with zero attached hydrogens (tertiary/aromatic N) is 1. The van der Waals surface area contributed by atoms with Gasteiger partial charge < -0.3 is 14.4 Å². The van der Waals surface area contributed by atoms with Crippen molar-refractivity contribution < 1.29 is 14.3 Å². The summed E-state index contributed by atoms with van der Waals surface area (Å²) in [5, 5.41) is 4.05. The summed E-state index contributed by atoms with van der Waals surface area (Å²) in [6.07, 6.45) is 2.54. The molecule has 0 aliphatic carbocycles. The second-order valence-electron chi connectivity index (χ2n) is 5.43. The van der Waals surface area contributed by atoms with Crippen LogP contribution < -0.4 is 0 Å². The van der Waals surface area contributed by atoms with Gasteiger partial charge in [0.15, 0.2) is 0 Å². The minimum atomic E-state index is -0.148. The molecule has 5 heteroatoms. The third-order valence-corrected chi connectivity index (χ3v) is 4.84. The van der Waals surface area contributed by atoms with Crippen LogP contribution in [0, 0.1) is 0 Å². The van der Waals surface area contributed by atoms with Crippen LogP contribution in [0.25, 0.3) is 0 Å². The Morgan fingerprint density at radius 2 is 2.58 bits per heavy atom. The standard InChI is InChI=1S/C14H19NO3S/c1-17-12-7-14(18-8-12)3-4-15(10-14)13(16)6-11-2-5-19-9-11/h2,5,9,12H,3-4,6-8,10H2,1H3/t12-,14-/m1/s1. The summed E-state index contributed by atoms with van der Waals surface area (Å²) in [5.41, 5.74) is 0.961. The zero-order valence-corrected chi connectivity index (χ0v) is 11.9. The summed E-state index contributed by atoms with van der Waals surface area (Å²) in [7, 11) is 1.72. The van der Waals surface area contributed by atoms with Crippen LogP contribution in [0.1, 0.15) is 18.4 Å². The maximum absolute atomic E-state index is 12.2. The molecule has 1 amide bonds. The molecule has 2 aliphatic rings. The Morgan fingerprint density at radius 3 is 3.26 bits per heavy atom. The lowest BCUT2D eigenvalue weighted by Gasteiger charge is -2.23. The summed E-state index contributed by atoms with van der Waals surface area (Å²) in [4.78, 5) is 14.2. The summed E-state index contributed by atoms with van der Waals surface area (Å²) in [6.45, 7) is 2.18. The Kier molecular flexibility index (Phi) is 3.60. The number of hydrogen-bond donors (Lipinski definition) is 0. The van der Waals surface area contributed by atoms with Crippen LogP contribution >= 0.6 is 11.3 Å². The molecule has 2 fully saturated rings. The monoisotopic (exact) mass is 281 g/mol. The van der Waals surface area contributed by atoms with E-state index in [4.69, 9.17) is 9.47 Å². The number of rotatable bonds is 3. The Bertz CT molecular complexity index is 448. The molecule has 3 heterocycles. The van der Waals surface area contributed by atoms with Crippen molar-refractivity contribution in [1.82, 2.24) is 4.90 Å². The average Bonchev–Trinajstić information content (AvgIpc) is 3.12. The summed E-state index contributed by atoms with van der Waals surface area (Å²) in [6, 6.07) is 2.02. The fourth-order valence-corrected chi connectivity index (χ4v) is 3.64. The van der Waals surface area contributed by atoms with Gasteiger partial charge in [-0.3, -0.25) is 4.79 Å². The number of carbonyl (C=O) groups excluding carboxylic acids is 1. The first-order chi connectivity index (χ1) is 9.21. The van der Waals surface area contributed by atoms with Crippen molar-refractivity contribution in [3.63, 3.8) is 0 Å². The first kappa shape index (κ1) is 13.1. The molecule has 0 bridgehead atoms. The molecule has 0 saturated carbocycles. The minimum absolute atomic E-state index is 0.148. The van der Waals surface area contributed by atoms with Crippen molar-refractivity contribution >= 4 is 17.2 Å².